The molecule has 0 atom stereocenters. The maximum Gasteiger partial charge on any atom is 0.189 e. The van der Waals surface area contributed by atoms with E-state index in [4.69, 9.17) is 12.2 Å². The molecule has 110 valence electrons. The highest BCUT2D eigenvalue weighted by Crippen LogP contribution is 2.23. The largest absolute Gasteiger partial charge is 0.331 e. The first-order valence-corrected chi connectivity index (χ1v) is 7.34. The lowest BCUT2D eigenvalue weighted by atomic mass is 9.87. The predicted molar refractivity (Wildman–Crippen MR) is 94.6 cm³/mol. The molecule has 2 aromatic rings. The van der Waals surface area contributed by atoms with Crippen molar-refractivity contribution in [3.05, 3.63) is 60.2 Å². The monoisotopic (exact) mass is 299 g/mol. The van der Waals surface area contributed by atoms with Crippen LogP contribution in [0.15, 0.2) is 54.6 Å². The zero-order valence-corrected chi connectivity index (χ0v) is 13.4. The quantitative estimate of drug-likeness (QED) is 0.583. The summed E-state index contributed by atoms with van der Waals surface area (Å²) in [6.45, 7) is 6.60. The molecule has 0 amide bonds. The Labute approximate surface area is 131 Å². The number of hydrazine groups is 1. The number of hydrogen-bond acceptors (Lipinski definition) is 2. The fourth-order valence-electron chi connectivity index (χ4n) is 1.87. The lowest BCUT2D eigenvalue weighted by Gasteiger charge is -2.19. The third-order valence-electron chi connectivity index (χ3n) is 3.10. The van der Waals surface area contributed by atoms with Gasteiger partial charge in [-0.3, -0.25) is 10.9 Å². The minimum atomic E-state index is 0.159. The van der Waals surface area contributed by atoms with E-state index in [-0.39, 0.29) is 5.41 Å². The van der Waals surface area contributed by atoms with Crippen molar-refractivity contribution in [1.82, 2.24) is 5.43 Å². The summed E-state index contributed by atoms with van der Waals surface area (Å²) in [6, 6.07) is 18.1. The van der Waals surface area contributed by atoms with Crippen LogP contribution in [0.25, 0.3) is 0 Å². The van der Waals surface area contributed by atoms with Crippen LogP contribution in [0.1, 0.15) is 26.3 Å². The van der Waals surface area contributed by atoms with Crippen molar-refractivity contribution in [2.45, 2.75) is 26.2 Å². The molecule has 2 aromatic carbocycles. The van der Waals surface area contributed by atoms with E-state index < -0.39 is 0 Å². The standard InChI is InChI=1S/C17H21N3S/c1-17(2,3)13-9-11-14(12-10-13)18-16(21)20-19-15-7-5-4-6-8-15/h4-12,19H,1-3H3,(H2,18,20,21). The van der Waals surface area contributed by atoms with E-state index in [0.29, 0.717) is 5.11 Å². The molecule has 0 aliphatic carbocycles. The molecule has 0 aliphatic heterocycles. The van der Waals surface area contributed by atoms with E-state index in [1.54, 1.807) is 0 Å². The van der Waals surface area contributed by atoms with Crippen molar-refractivity contribution in [1.29, 1.82) is 0 Å². The van der Waals surface area contributed by atoms with Gasteiger partial charge in [-0.05, 0) is 47.5 Å². The maximum atomic E-state index is 5.26. The fourth-order valence-corrected chi connectivity index (χ4v) is 2.04. The van der Waals surface area contributed by atoms with Crippen LogP contribution >= 0.6 is 12.2 Å². The molecule has 0 spiro atoms. The first kappa shape index (κ1) is 15.3. The predicted octanol–water partition coefficient (Wildman–Crippen LogP) is 4.30. The Balaban J connectivity index is 1.88. The van der Waals surface area contributed by atoms with E-state index in [1.807, 2.05) is 42.5 Å². The van der Waals surface area contributed by atoms with E-state index in [2.05, 4.69) is 49.1 Å². The molecule has 2 rings (SSSR count). The fraction of sp³-hybridized carbons (Fsp3) is 0.235. The Morgan fingerprint density at radius 2 is 1.48 bits per heavy atom. The molecule has 0 unspecified atom stereocenters. The molecule has 4 heteroatoms. The van der Waals surface area contributed by atoms with Crippen LogP contribution in [0.5, 0.6) is 0 Å². The van der Waals surface area contributed by atoms with Gasteiger partial charge in [-0.15, -0.1) is 0 Å². The van der Waals surface area contributed by atoms with Crippen molar-refractivity contribution in [2.24, 2.45) is 0 Å². The molecule has 0 saturated heterocycles. The maximum absolute atomic E-state index is 5.26. The van der Waals surface area contributed by atoms with Crippen molar-refractivity contribution in [3.63, 3.8) is 0 Å². The first-order chi connectivity index (χ1) is 9.95. The number of anilines is 2. The van der Waals surface area contributed by atoms with Gasteiger partial charge in [0.1, 0.15) is 0 Å². The van der Waals surface area contributed by atoms with Gasteiger partial charge in [0.05, 0.1) is 5.69 Å². The number of nitrogens with one attached hydrogen (secondary N) is 3. The van der Waals surface area contributed by atoms with Crippen LogP contribution in [0.3, 0.4) is 0 Å². The Bertz CT molecular complexity index is 586. The molecule has 3 nitrogen and oxygen atoms in total. The van der Waals surface area contributed by atoms with E-state index in [9.17, 15) is 0 Å². The van der Waals surface area contributed by atoms with Crippen LogP contribution in [-0.4, -0.2) is 5.11 Å². The van der Waals surface area contributed by atoms with Gasteiger partial charge >= 0.3 is 0 Å². The molecule has 0 saturated carbocycles. The SMILES string of the molecule is CC(C)(C)c1ccc(NC(=S)NNc2ccccc2)cc1. The molecule has 21 heavy (non-hydrogen) atoms. The van der Waals surface area contributed by atoms with Gasteiger partial charge in [-0.1, -0.05) is 51.1 Å². The Kier molecular flexibility index (Phi) is 4.81. The topological polar surface area (TPSA) is 36.1 Å². The van der Waals surface area contributed by atoms with Gasteiger partial charge < -0.3 is 5.32 Å². The van der Waals surface area contributed by atoms with Crippen molar-refractivity contribution in [3.8, 4) is 0 Å². The number of para-hydroxylation sites is 1. The van der Waals surface area contributed by atoms with E-state index in [0.717, 1.165) is 11.4 Å². The molecule has 0 aromatic heterocycles. The number of benzene rings is 2. The Morgan fingerprint density at radius 1 is 0.857 bits per heavy atom. The summed E-state index contributed by atoms with van der Waals surface area (Å²) in [6.07, 6.45) is 0. The van der Waals surface area contributed by atoms with Crippen LogP contribution in [0.4, 0.5) is 11.4 Å². The van der Waals surface area contributed by atoms with E-state index >= 15 is 0 Å². The molecule has 0 fully saturated rings. The summed E-state index contributed by atoms with van der Waals surface area (Å²) in [5, 5.41) is 3.68. The molecule has 0 aliphatic rings. The van der Waals surface area contributed by atoms with Crippen LogP contribution in [0.2, 0.25) is 0 Å². The number of thiocarbonyl (C=S) groups is 1. The molecular weight excluding hydrogens is 278 g/mol. The molecule has 0 radical (unpaired) electrons. The number of hydrogen-bond donors (Lipinski definition) is 3. The lowest BCUT2D eigenvalue weighted by molar-refractivity contribution is 0.590. The average molecular weight is 299 g/mol. The highest BCUT2D eigenvalue weighted by Gasteiger charge is 2.12. The zero-order valence-electron chi connectivity index (χ0n) is 12.6. The van der Waals surface area contributed by atoms with Gasteiger partial charge in [0.25, 0.3) is 0 Å². The molecule has 0 bridgehead atoms. The Hall–Kier alpha value is -2.07. The zero-order chi connectivity index (χ0) is 15.3. The van der Waals surface area contributed by atoms with Crippen molar-refractivity contribution < 1.29 is 0 Å². The third kappa shape index (κ3) is 4.76. The Morgan fingerprint density at radius 3 is 2.05 bits per heavy atom. The molecular formula is C17H21N3S. The summed E-state index contributed by atoms with van der Waals surface area (Å²) in [4.78, 5) is 0. The second kappa shape index (κ2) is 6.59. The van der Waals surface area contributed by atoms with Crippen LogP contribution in [0, 0.1) is 0 Å². The smallest absolute Gasteiger partial charge is 0.189 e. The second-order valence-corrected chi connectivity index (χ2v) is 6.31. The van der Waals surface area contributed by atoms with Crippen molar-refractivity contribution in [2.75, 3.05) is 10.7 Å². The molecule has 0 heterocycles. The van der Waals surface area contributed by atoms with Crippen LogP contribution < -0.4 is 16.2 Å². The van der Waals surface area contributed by atoms with Crippen LogP contribution in [-0.2, 0) is 5.41 Å². The summed E-state index contributed by atoms with van der Waals surface area (Å²) in [5.74, 6) is 0. The molecule has 3 N–H and O–H groups in total. The minimum absolute atomic E-state index is 0.159. The third-order valence-corrected chi connectivity index (χ3v) is 3.31. The lowest BCUT2D eigenvalue weighted by Crippen LogP contribution is -2.33. The summed E-state index contributed by atoms with van der Waals surface area (Å²) < 4.78 is 0. The number of rotatable bonds is 3. The highest BCUT2D eigenvalue weighted by molar-refractivity contribution is 7.80. The average Bonchev–Trinajstić information content (AvgIpc) is 2.46. The van der Waals surface area contributed by atoms with Gasteiger partial charge in [0.2, 0.25) is 0 Å². The second-order valence-electron chi connectivity index (χ2n) is 5.90. The summed E-state index contributed by atoms with van der Waals surface area (Å²) >= 11 is 5.26. The normalized spacial score (nSPS) is 10.8. The van der Waals surface area contributed by atoms with E-state index in [1.165, 1.54) is 5.56 Å². The first-order valence-electron chi connectivity index (χ1n) is 6.94. The van der Waals surface area contributed by atoms with Crippen molar-refractivity contribution >= 4 is 28.7 Å². The minimum Gasteiger partial charge on any atom is -0.331 e. The summed E-state index contributed by atoms with van der Waals surface area (Å²) in [5.41, 5.74) is 9.40. The van der Waals surface area contributed by atoms with Gasteiger partial charge in [0.15, 0.2) is 5.11 Å². The summed E-state index contributed by atoms with van der Waals surface area (Å²) in [7, 11) is 0. The highest BCUT2D eigenvalue weighted by atomic mass is 32.1. The van der Waals surface area contributed by atoms with Gasteiger partial charge in [-0.25, -0.2) is 0 Å². The van der Waals surface area contributed by atoms with Gasteiger partial charge in [-0.2, -0.15) is 0 Å². The van der Waals surface area contributed by atoms with Gasteiger partial charge in [0, 0.05) is 5.69 Å².